The number of hydrogen-bond acceptors (Lipinski definition) is 4. The first-order valence-electron chi connectivity index (χ1n) is 6.67. The largest absolute Gasteiger partial charge is 0.484 e. The van der Waals surface area contributed by atoms with E-state index in [1.165, 1.54) is 12.1 Å². The van der Waals surface area contributed by atoms with Gasteiger partial charge in [-0.25, -0.2) is 4.39 Å². The Kier molecular flexibility index (Phi) is 5.87. The van der Waals surface area contributed by atoms with Crippen molar-refractivity contribution in [1.29, 1.82) is 5.26 Å². The van der Waals surface area contributed by atoms with Crippen LogP contribution in [0.2, 0.25) is 0 Å². The molecule has 122 valence electrons. The van der Waals surface area contributed by atoms with Crippen molar-refractivity contribution >= 4 is 27.7 Å². The van der Waals surface area contributed by atoms with Crippen LogP contribution in [0, 0.1) is 17.1 Å². The Balaban J connectivity index is 1.80. The maximum Gasteiger partial charge on any atom is 0.276 e. The molecule has 0 saturated carbocycles. The third-order valence-corrected chi connectivity index (χ3v) is 3.49. The zero-order valence-corrected chi connectivity index (χ0v) is 13.8. The van der Waals surface area contributed by atoms with Gasteiger partial charge in [0.25, 0.3) is 11.8 Å². The highest BCUT2D eigenvalue weighted by atomic mass is 79.9. The second-order valence-corrected chi connectivity index (χ2v) is 5.41. The van der Waals surface area contributed by atoms with Crippen LogP contribution in [-0.4, -0.2) is 18.4 Å². The summed E-state index contributed by atoms with van der Waals surface area (Å²) in [7, 11) is 0. The van der Waals surface area contributed by atoms with Crippen LogP contribution in [0.3, 0.4) is 0 Å². The number of nitrogens with zero attached hydrogens (tertiary/aromatic N) is 1. The molecule has 0 aliphatic rings. The quantitative estimate of drug-likeness (QED) is 0.782. The number of rotatable bonds is 4. The monoisotopic (exact) mass is 391 g/mol. The van der Waals surface area contributed by atoms with E-state index in [4.69, 9.17) is 10.00 Å². The van der Waals surface area contributed by atoms with E-state index in [9.17, 15) is 14.0 Å². The molecule has 24 heavy (non-hydrogen) atoms. The number of carbonyl (C=O) groups excluding carboxylic acids is 2. The lowest BCUT2D eigenvalue weighted by atomic mass is 10.2. The van der Waals surface area contributed by atoms with Gasteiger partial charge in [-0.2, -0.15) is 5.26 Å². The number of hydrogen-bond donors (Lipinski definition) is 2. The molecule has 0 aromatic heterocycles. The van der Waals surface area contributed by atoms with Crippen molar-refractivity contribution in [2.24, 2.45) is 0 Å². The van der Waals surface area contributed by atoms with Crippen molar-refractivity contribution in [2.45, 2.75) is 0 Å². The van der Waals surface area contributed by atoms with Gasteiger partial charge in [0, 0.05) is 5.56 Å². The van der Waals surface area contributed by atoms with Gasteiger partial charge in [-0.05, 0) is 58.4 Å². The highest BCUT2D eigenvalue weighted by Gasteiger charge is 2.10. The molecular formula is C16H11BrFN3O3. The summed E-state index contributed by atoms with van der Waals surface area (Å²) in [5, 5.41) is 8.67. The average Bonchev–Trinajstić information content (AvgIpc) is 2.60. The van der Waals surface area contributed by atoms with Crippen LogP contribution in [0.5, 0.6) is 5.75 Å². The summed E-state index contributed by atoms with van der Waals surface area (Å²) in [6.45, 7) is -0.332. The maximum atomic E-state index is 13.3. The third-order valence-electron chi connectivity index (χ3n) is 2.85. The Bertz CT molecular complexity index is 803. The van der Waals surface area contributed by atoms with E-state index < -0.39 is 17.6 Å². The van der Waals surface area contributed by atoms with Crippen LogP contribution in [0.1, 0.15) is 15.9 Å². The van der Waals surface area contributed by atoms with Crippen molar-refractivity contribution in [3.05, 3.63) is 63.9 Å². The molecule has 2 rings (SSSR count). The predicted octanol–water partition coefficient (Wildman–Crippen LogP) is 2.30. The van der Waals surface area contributed by atoms with Gasteiger partial charge >= 0.3 is 0 Å². The van der Waals surface area contributed by atoms with E-state index >= 15 is 0 Å². The molecular weight excluding hydrogens is 381 g/mol. The van der Waals surface area contributed by atoms with Gasteiger partial charge in [0.2, 0.25) is 0 Å². The van der Waals surface area contributed by atoms with Crippen molar-refractivity contribution in [2.75, 3.05) is 6.61 Å². The predicted molar refractivity (Wildman–Crippen MR) is 86.4 cm³/mol. The van der Waals surface area contributed by atoms with Crippen molar-refractivity contribution in [1.82, 2.24) is 10.9 Å². The van der Waals surface area contributed by atoms with Gasteiger partial charge < -0.3 is 4.74 Å². The molecule has 8 heteroatoms. The highest BCUT2D eigenvalue weighted by molar-refractivity contribution is 9.10. The molecule has 2 aromatic carbocycles. The second kappa shape index (κ2) is 8.08. The summed E-state index contributed by atoms with van der Waals surface area (Å²) in [5.41, 5.74) is 4.85. The molecule has 0 saturated heterocycles. The maximum absolute atomic E-state index is 13.3. The van der Waals surface area contributed by atoms with Crippen LogP contribution in [0.4, 0.5) is 4.39 Å². The van der Waals surface area contributed by atoms with Crippen LogP contribution in [0.15, 0.2) is 46.9 Å². The van der Waals surface area contributed by atoms with Crippen molar-refractivity contribution in [3.63, 3.8) is 0 Å². The minimum atomic E-state index is -0.659. The summed E-state index contributed by atoms with van der Waals surface area (Å²) in [5.74, 6) is -1.43. The molecule has 0 radical (unpaired) electrons. The molecule has 2 N–H and O–H groups in total. The fraction of sp³-hybridized carbons (Fsp3) is 0.0625. The van der Waals surface area contributed by atoms with E-state index in [0.717, 1.165) is 6.07 Å². The molecule has 0 spiro atoms. The molecule has 0 fully saturated rings. The summed E-state index contributed by atoms with van der Waals surface area (Å²) in [6, 6.07) is 12.0. The number of halogens is 2. The van der Waals surface area contributed by atoms with E-state index in [1.54, 1.807) is 24.3 Å². The molecule has 0 heterocycles. The van der Waals surface area contributed by atoms with E-state index in [-0.39, 0.29) is 16.6 Å². The normalized spacial score (nSPS) is 9.71. The fourth-order valence-corrected chi connectivity index (χ4v) is 1.89. The Morgan fingerprint density at radius 3 is 2.50 bits per heavy atom. The zero-order chi connectivity index (χ0) is 17.5. The molecule has 2 aromatic rings. The number of carbonyl (C=O) groups is 2. The fourth-order valence-electron chi connectivity index (χ4n) is 1.65. The second-order valence-electron chi connectivity index (χ2n) is 4.56. The first-order valence-corrected chi connectivity index (χ1v) is 7.46. The molecule has 0 aliphatic heterocycles. The van der Waals surface area contributed by atoms with Gasteiger partial charge in [-0.1, -0.05) is 0 Å². The van der Waals surface area contributed by atoms with Gasteiger partial charge in [0.1, 0.15) is 11.6 Å². The molecule has 0 bridgehead atoms. The summed E-state index contributed by atoms with van der Waals surface area (Å²) in [4.78, 5) is 23.4. The van der Waals surface area contributed by atoms with E-state index in [2.05, 4.69) is 26.8 Å². The van der Waals surface area contributed by atoms with E-state index in [1.807, 2.05) is 6.07 Å². The molecule has 0 unspecified atom stereocenters. The minimum Gasteiger partial charge on any atom is -0.484 e. The van der Waals surface area contributed by atoms with Crippen molar-refractivity contribution < 1.29 is 18.7 Å². The first-order chi connectivity index (χ1) is 11.5. The van der Waals surface area contributed by atoms with Crippen LogP contribution in [-0.2, 0) is 4.79 Å². The number of nitriles is 1. The molecule has 2 amide bonds. The number of amides is 2. The highest BCUT2D eigenvalue weighted by Crippen LogP contribution is 2.16. The average molecular weight is 392 g/mol. The van der Waals surface area contributed by atoms with Crippen LogP contribution in [0.25, 0.3) is 0 Å². The summed E-state index contributed by atoms with van der Waals surface area (Å²) >= 11 is 2.98. The Morgan fingerprint density at radius 2 is 1.88 bits per heavy atom. The lowest BCUT2D eigenvalue weighted by molar-refractivity contribution is -0.123. The van der Waals surface area contributed by atoms with Gasteiger partial charge in [-0.15, -0.1) is 0 Å². The van der Waals surface area contributed by atoms with E-state index in [0.29, 0.717) is 11.3 Å². The summed E-state index contributed by atoms with van der Waals surface area (Å²) in [6.07, 6.45) is 0. The number of benzene rings is 2. The van der Waals surface area contributed by atoms with Crippen molar-refractivity contribution in [3.8, 4) is 11.8 Å². The first kappa shape index (κ1) is 17.4. The Hall–Kier alpha value is -2.92. The third kappa shape index (κ3) is 4.79. The minimum absolute atomic E-state index is 0.0593. The van der Waals surface area contributed by atoms with Crippen LogP contribution >= 0.6 is 15.9 Å². The number of hydrazine groups is 1. The lowest BCUT2D eigenvalue weighted by Gasteiger charge is -2.09. The zero-order valence-electron chi connectivity index (χ0n) is 12.2. The number of nitrogens with one attached hydrogen (secondary N) is 2. The number of ether oxygens (including phenoxy) is 1. The standard InChI is InChI=1S/C16H11BrFN3O3/c17-13-6-3-11(7-14(13)18)16(23)21-20-15(22)9-24-12-4-1-10(8-19)2-5-12/h1-7H,9H2,(H,20,22)(H,21,23). The molecule has 6 nitrogen and oxygen atoms in total. The Labute approximate surface area is 145 Å². The summed E-state index contributed by atoms with van der Waals surface area (Å²) < 4.78 is 18.8. The van der Waals surface area contributed by atoms with Gasteiger partial charge in [0.15, 0.2) is 6.61 Å². The topological polar surface area (TPSA) is 91.2 Å². The Morgan fingerprint density at radius 1 is 1.17 bits per heavy atom. The van der Waals surface area contributed by atoms with Crippen LogP contribution < -0.4 is 15.6 Å². The lowest BCUT2D eigenvalue weighted by Crippen LogP contribution is -2.43. The molecule has 0 atom stereocenters. The smallest absolute Gasteiger partial charge is 0.276 e. The van der Waals surface area contributed by atoms with Gasteiger partial charge in [0.05, 0.1) is 16.1 Å². The molecule has 0 aliphatic carbocycles. The van der Waals surface area contributed by atoms with Gasteiger partial charge in [-0.3, -0.25) is 20.4 Å². The SMILES string of the molecule is N#Cc1ccc(OCC(=O)NNC(=O)c2ccc(Br)c(F)c2)cc1.